The van der Waals surface area contributed by atoms with Crippen molar-refractivity contribution in [3.8, 4) is 5.69 Å². The summed E-state index contributed by atoms with van der Waals surface area (Å²) in [6.07, 6.45) is 3.91. The van der Waals surface area contributed by atoms with E-state index in [0.29, 0.717) is 12.2 Å². The third-order valence-electron chi connectivity index (χ3n) is 5.23. The van der Waals surface area contributed by atoms with Crippen molar-refractivity contribution in [1.29, 1.82) is 0 Å². The van der Waals surface area contributed by atoms with Gasteiger partial charge in [0, 0.05) is 30.4 Å². The molecule has 1 atom stereocenters. The molecular weight excluding hydrogens is 336 g/mol. The molecule has 1 saturated heterocycles. The maximum atomic E-state index is 12.9. The van der Waals surface area contributed by atoms with E-state index in [9.17, 15) is 4.79 Å². The van der Waals surface area contributed by atoms with Gasteiger partial charge in [-0.2, -0.15) is 5.10 Å². The fraction of sp³-hybridized carbons (Fsp3) is 0.474. The lowest BCUT2D eigenvalue weighted by Gasteiger charge is -2.14. The zero-order chi connectivity index (χ0) is 16.8. The predicted octanol–water partition coefficient (Wildman–Crippen LogP) is 2.57. The first-order chi connectivity index (χ1) is 11.5. The normalized spacial score (nSPS) is 19.0. The van der Waals surface area contributed by atoms with E-state index in [4.69, 9.17) is 10.8 Å². The number of rotatable bonds is 2. The summed E-state index contributed by atoms with van der Waals surface area (Å²) < 4.78 is 2.00. The van der Waals surface area contributed by atoms with Crippen LogP contribution in [0.2, 0.25) is 0 Å². The minimum Gasteiger partial charge on any atom is -0.336 e. The number of hydrogen-bond acceptors (Lipinski definition) is 3. The maximum Gasteiger partial charge on any atom is 0.274 e. The first-order valence-corrected chi connectivity index (χ1v) is 8.78. The summed E-state index contributed by atoms with van der Waals surface area (Å²) in [4.78, 5) is 14.8. The second-order valence-corrected chi connectivity index (χ2v) is 7.13. The lowest BCUT2D eigenvalue weighted by Crippen LogP contribution is -2.32. The van der Waals surface area contributed by atoms with Crippen molar-refractivity contribution in [3.05, 3.63) is 46.3 Å². The first-order valence-electron chi connectivity index (χ1n) is 8.78. The van der Waals surface area contributed by atoms with Gasteiger partial charge in [0.25, 0.3) is 5.91 Å². The number of aryl methyl sites for hydroxylation is 2. The largest absolute Gasteiger partial charge is 0.336 e. The van der Waals surface area contributed by atoms with Crippen LogP contribution in [-0.2, 0) is 12.8 Å². The monoisotopic (exact) mass is 360 g/mol. The van der Waals surface area contributed by atoms with Crippen LogP contribution < -0.4 is 5.73 Å². The molecule has 0 unspecified atom stereocenters. The molecule has 6 heteroatoms. The molecule has 1 fully saturated rings. The molecule has 2 aliphatic rings. The van der Waals surface area contributed by atoms with Gasteiger partial charge in [0.1, 0.15) is 0 Å². The number of fused-ring (bicyclic) bond motifs is 1. The number of nitrogens with zero attached hydrogens (tertiary/aromatic N) is 3. The van der Waals surface area contributed by atoms with Gasteiger partial charge in [-0.25, -0.2) is 4.68 Å². The van der Waals surface area contributed by atoms with E-state index in [-0.39, 0.29) is 24.4 Å². The van der Waals surface area contributed by atoms with Gasteiger partial charge in [-0.1, -0.05) is 17.7 Å². The minimum absolute atomic E-state index is 0. The number of benzene rings is 1. The second kappa shape index (κ2) is 6.81. The fourth-order valence-electron chi connectivity index (χ4n) is 3.97. The van der Waals surface area contributed by atoms with E-state index < -0.39 is 0 Å². The molecular formula is C19H25ClN4O. The molecule has 0 spiro atoms. The van der Waals surface area contributed by atoms with Gasteiger partial charge in [-0.3, -0.25) is 4.79 Å². The van der Waals surface area contributed by atoms with Crippen molar-refractivity contribution in [2.24, 2.45) is 5.73 Å². The van der Waals surface area contributed by atoms with E-state index in [1.165, 1.54) is 16.8 Å². The summed E-state index contributed by atoms with van der Waals surface area (Å²) >= 11 is 0. The summed E-state index contributed by atoms with van der Waals surface area (Å²) in [5.74, 6) is 0.0459. The second-order valence-electron chi connectivity index (χ2n) is 7.13. The highest BCUT2D eigenvalue weighted by Gasteiger charge is 2.32. The van der Waals surface area contributed by atoms with Gasteiger partial charge < -0.3 is 10.6 Å². The molecule has 2 heterocycles. The average molecular weight is 361 g/mol. The molecule has 1 aliphatic carbocycles. The van der Waals surface area contributed by atoms with Crippen LogP contribution in [0.15, 0.2) is 18.2 Å². The van der Waals surface area contributed by atoms with Crippen molar-refractivity contribution in [1.82, 2.24) is 14.7 Å². The quantitative estimate of drug-likeness (QED) is 0.895. The average Bonchev–Trinajstić information content (AvgIpc) is 3.23. The first kappa shape index (κ1) is 18.0. The maximum absolute atomic E-state index is 12.9. The van der Waals surface area contributed by atoms with Crippen LogP contribution in [0.3, 0.4) is 0 Å². The molecule has 1 aromatic carbocycles. The van der Waals surface area contributed by atoms with Crippen LogP contribution in [0.1, 0.15) is 45.7 Å². The Kier molecular flexibility index (Phi) is 4.89. The molecule has 1 aliphatic heterocycles. The third-order valence-corrected chi connectivity index (χ3v) is 5.23. The number of halogens is 1. The summed E-state index contributed by atoms with van der Waals surface area (Å²) in [5, 5.41) is 4.75. The van der Waals surface area contributed by atoms with Crippen molar-refractivity contribution in [2.45, 2.75) is 45.6 Å². The molecule has 5 nitrogen and oxygen atoms in total. The van der Waals surface area contributed by atoms with Crippen LogP contribution in [0.5, 0.6) is 0 Å². The Hall–Kier alpha value is -1.85. The van der Waals surface area contributed by atoms with Gasteiger partial charge in [-0.05, 0) is 51.2 Å². The topological polar surface area (TPSA) is 64.2 Å². The van der Waals surface area contributed by atoms with Gasteiger partial charge in [-0.15, -0.1) is 12.4 Å². The SMILES string of the molecule is Cc1ccc(-n2nc(C(=O)N3CC[C@@H](N)C3)c3c2CCC3)c(C)c1.Cl. The predicted molar refractivity (Wildman–Crippen MR) is 101 cm³/mol. The Bertz CT molecular complexity index is 814. The molecule has 2 aromatic rings. The highest BCUT2D eigenvalue weighted by molar-refractivity contribution is 5.94. The molecule has 25 heavy (non-hydrogen) atoms. The third kappa shape index (κ3) is 3.07. The lowest BCUT2D eigenvalue weighted by molar-refractivity contribution is 0.0783. The Balaban J connectivity index is 0.00000182. The number of carbonyl (C=O) groups is 1. The smallest absolute Gasteiger partial charge is 0.274 e. The minimum atomic E-state index is 0. The Morgan fingerprint density at radius 1 is 1.28 bits per heavy atom. The van der Waals surface area contributed by atoms with Crippen molar-refractivity contribution in [3.63, 3.8) is 0 Å². The van der Waals surface area contributed by atoms with Crippen LogP contribution in [0.4, 0.5) is 0 Å². The molecule has 1 amide bonds. The number of carbonyl (C=O) groups excluding carboxylic acids is 1. The van der Waals surface area contributed by atoms with Crippen LogP contribution in [0.25, 0.3) is 5.69 Å². The summed E-state index contributed by atoms with van der Waals surface area (Å²) in [5.41, 5.74) is 12.4. The molecule has 0 radical (unpaired) electrons. The summed E-state index contributed by atoms with van der Waals surface area (Å²) in [6.45, 7) is 5.58. The van der Waals surface area contributed by atoms with Crippen LogP contribution in [0, 0.1) is 13.8 Å². The number of nitrogens with two attached hydrogens (primary N) is 1. The van der Waals surface area contributed by atoms with Gasteiger partial charge in [0.2, 0.25) is 0 Å². The Morgan fingerprint density at radius 3 is 2.76 bits per heavy atom. The van der Waals surface area contributed by atoms with Gasteiger partial charge >= 0.3 is 0 Å². The number of amides is 1. The summed E-state index contributed by atoms with van der Waals surface area (Å²) in [6, 6.07) is 6.48. The zero-order valence-electron chi connectivity index (χ0n) is 14.8. The van der Waals surface area contributed by atoms with E-state index in [1.807, 2.05) is 9.58 Å². The van der Waals surface area contributed by atoms with Crippen LogP contribution >= 0.6 is 12.4 Å². The van der Waals surface area contributed by atoms with E-state index in [0.717, 1.165) is 43.5 Å². The molecule has 1 aromatic heterocycles. The van der Waals surface area contributed by atoms with Crippen molar-refractivity contribution in [2.75, 3.05) is 13.1 Å². The summed E-state index contributed by atoms with van der Waals surface area (Å²) in [7, 11) is 0. The Morgan fingerprint density at radius 2 is 2.08 bits per heavy atom. The fourth-order valence-corrected chi connectivity index (χ4v) is 3.97. The zero-order valence-corrected chi connectivity index (χ0v) is 15.6. The van der Waals surface area contributed by atoms with Gasteiger partial charge in [0.05, 0.1) is 5.69 Å². The Labute approximate surface area is 154 Å². The highest BCUT2D eigenvalue weighted by atomic mass is 35.5. The van der Waals surface area contributed by atoms with E-state index in [1.54, 1.807) is 0 Å². The molecule has 4 rings (SSSR count). The van der Waals surface area contributed by atoms with E-state index in [2.05, 4.69) is 32.0 Å². The van der Waals surface area contributed by atoms with Crippen LogP contribution in [-0.4, -0.2) is 39.7 Å². The molecule has 0 saturated carbocycles. The highest BCUT2D eigenvalue weighted by Crippen LogP contribution is 2.30. The lowest BCUT2D eigenvalue weighted by atomic mass is 10.1. The molecule has 2 N–H and O–H groups in total. The number of aromatic nitrogens is 2. The number of hydrogen-bond donors (Lipinski definition) is 1. The molecule has 134 valence electrons. The van der Waals surface area contributed by atoms with Crippen molar-refractivity contribution >= 4 is 18.3 Å². The number of likely N-dealkylation sites (tertiary alicyclic amines) is 1. The standard InChI is InChI=1S/C19H24N4O.ClH/c1-12-6-7-16(13(2)10-12)23-17-5-3-4-15(17)18(21-23)19(24)22-9-8-14(20)11-22;/h6-7,10,14H,3-5,8-9,11,20H2,1-2H3;1H/t14-;/m1./s1. The van der Waals surface area contributed by atoms with Gasteiger partial charge in [0.15, 0.2) is 5.69 Å². The van der Waals surface area contributed by atoms with Crippen molar-refractivity contribution < 1.29 is 4.79 Å². The molecule has 0 bridgehead atoms. The van der Waals surface area contributed by atoms with E-state index >= 15 is 0 Å².